The van der Waals surface area contributed by atoms with E-state index in [9.17, 15) is 0 Å². The van der Waals surface area contributed by atoms with E-state index in [1.54, 1.807) is 6.20 Å². The van der Waals surface area contributed by atoms with Gasteiger partial charge in [0.1, 0.15) is 0 Å². The predicted octanol–water partition coefficient (Wildman–Crippen LogP) is -0.384. The topological polar surface area (TPSA) is 74.9 Å². The summed E-state index contributed by atoms with van der Waals surface area (Å²) in [5.74, 6) is 0. The van der Waals surface area contributed by atoms with Gasteiger partial charge < -0.3 is 15.8 Å². The summed E-state index contributed by atoms with van der Waals surface area (Å²) in [7, 11) is 0. The van der Waals surface area contributed by atoms with Crippen LogP contribution in [-0.2, 0) is 6.42 Å². The number of H-pyrrole nitrogens is 1. The van der Waals surface area contributed by atoms with Crippen molar-refractivity contribution in [3.63, 3.8) is 0 Å². The molecular formula is C5H9N3O. The van der Waals surface area contributed by atoms with Gasteiger partial charge >= 0.3 is 0 Å². The Balaban J connectivity index is 2.61. The van der Waals surface area contributed by atoms with Crippen LogP contribution in [0.1, 0.15) is 5.69 Å². The van der Waals surface area contributed by atoms with Gasteiger partial charge in [0.2, 0.25) is 0 Å². The monoisotopic (exact) mass is 127 g/mol. The van der Waals surface area contributed by atoms with Crippen molar-refractivity contribution in [2.75, 3.05) is 6.54 Å². The van der Waals surface area contributed by atoms with E-state index >= 15 is 0 Å². The Morgan fingerprint density at radius 2 is 2.56 bits per heavy atom. The molecule has 4 heteroatoms. The van der Waals surface area contributed by atoms with E-state index in [4.69, 9.17) is 10.8 Å². The summed E-state index contributed by atoms with van der Waals surface area (Å²) in [6, 6.07) is -0.0431. The number of nitrogens with two attached hydrogens (primary N) is 1. The van der Waals surface area contributed by atoms with Crippen molar-refractivity contribution < 1.29 is 5.11 Å². The molecule has 0 fully saturated rings. The van der Waals surface area contributed by atoms with Crippen LogP contribution in [-0.4, -0.2) is 21.6 Å². The van der Waals surface area contributed by atoms with Crippen LogP contribution in [0.15, 0.2) is 6.20 Å². The van der Waals surface area contributed by atoms with Gasteiger partial charge in [0, 0.05) is 12.1 Å². The van der Waals surface area contributed by atoms with E-state index in [-0.39, 0.29) is 6.01 Å². The lowest BCUT2D eigenvalue weighted by Crippen LogP contribution is -2.02. The highest BCUT2D eigenvalue weighted by Crippen LogP contribution is 2.00. The van der Waals surface area contributed by atoms with Crippen LogP contribution in [0, 0.1) is 0 Å². The number of rotatable bonds is 2. The number of hydrogen-bond acceptors (Lipinski definition) is 3. The number of aromatic amines is 1. The average molecular weight is 127 g/mol. The Hall–Kier alpha value is -1.03. The molecule has 1 heterocycles. The molecule has 9 heavy (non-hydrogen) atoms. The Morgan fingerprint density at radius 1 is 1.78 bits per heavy atom. The lowest BCUT2D eigenvalue weighted by atomic mass is 10.3. The molecule has 0 aromatic carbocycles. The highest BCUT2D eigenvalue weighted by atomic mass is 16.3. The van der Waals surface area contributed by atoms with Crippen LogP contribution >= 0.6 is 0 Å². The van der Waals surface area contributed by atoms with Crippen LogP contribution < -0.4 is 5.73 Å². The zero-order valence-electron chi connectivity index (χ0n) is 4.96. The molecule has 50 valence electrons. The summed E-state index contributed by atoms with van der Waals surface area (Å²) < 4.78 is 0. The van der Waals surface area contributed by atoms with E-state index in [1.165, 1.54) is 0 Å². The molecule has 0 saturated carbocycles. The van der Waals surface area contributed by atoms with Crippen LogP contribution in [0.3, 0.4) is 0 Å². The standard InChI is InChI=1S/C5H9N3O/c6-2-1-4-3-7-5(9)8-4/h3H,1-2,6H2,(H2,7,8,9). The Labute approximate surface area is 52.7 Å². The van der Waals surface area contributed by atoms with Gasteiger partial charge in [-0.15, -0.1) is 0 Å². The molecule has 0 atom stereocenters. The maximum absolute atomic E-state index is 8.67. The van der Waals surface area contributed by atoms with E-state index in [0.29, 0.717) is 6.54 Å². The van der Waals surface area contributed by atoms with Crippen molar-refractivity contribution in [3.05, 3.63) is 11.9 Å². The molecule has 4 nitrogen and oxygen atoms in total. The predicted molar refractivity (Wildman–Crippen MR) is 33.0 cm³/mol. The Bertz CT molecular complexity index is 184. The average Bonchev–Trinajstić information content (AvgIpc) is 2.17. The zero-order valence-corrected chi connectivity index (χ0v) is 4.96. The molecule has 0 saturated heterocycles. The normalized spacial score (nSPS) is 9.89. The van der Waals surface area contributed by atoms with Gasteiger partial charge in [-0.25, -0.2) is 4.98 Å². The molecule has 0 bridgehead atoms. The third-order valence-corrected chi connectivity index (χ3v) is 1.03. The summed E-state index contributed by atoms with van der Waals surface area (Å²) in [5, 5.41) is 8.67. The lowest BCUT2D eigenvalue weighted by Gasteiger charge is -1.87. The minimum absolute atomic E-state index is 0.0431. The van der Waals surface area contributed by atoms with Crippen molar-refractivity contribution in [1.82, 2.24) is 9.97 Å². The highest BCUT2D eigenvalue weighted by Gasteiger charge is 1.94. The first-order valence-corrected chi connectivity index (χ1v) is 2.76. The van der Waals surface area contributed by atoms with E-state index in [0.717, 1.165) is 12.1 Å². The third-order valence-electron chi connectivity index (χ3n) is 1.03. The number of nitrogens with zero attached hydrogens (tertiary/aromatic N) is 1. The van der Waals surface area contributed by atoms with Gasteiger partial charge in [0.25, 0.3) is 6.01 Å². The molecule has 0 radical (unpaired) electrons. The summed E-state index contributed by atoms with van der Waals surface area (Å²) in [5.41, 5.74) is 6.11. The second-order valence-corrected chi connectivity index (χ2v) is 1.77. The van der Waals surface area contributed by atoms with Crippen molar-refractivity contribution in [1.29, 1.82) is 0 Å². The summed E-state index contributed by atoms with van der Waals surface area (Å²) in [4.78, 5) is 6.22. The highest BCUT2D eigenvalue weighted by molar-refractivity contribution is 5.03. The molecule has 0 aliphatic carbocycles. The van der Waals surface area contributed by atoms with Gasteiger partial charge in [0.15, 0.2) is 0 Å². The van der Waals surface area contributed by atoms with Gasteiger partial charge in [-0.2, -0.15) is 0 Å². The quantitative estimate of drug-likeness (QED) is 0.506. The molecule has 0 amide bonds. The molecule has 1 rings (SSSR count). The maximum Gasteiger partial charge on any atom is 0.291 e. The van der Waals surface area contributed by atoms with Crippen LogP contribution in [0.25, 0.3) is 0 Å². The molecule has 0 aliphatic heterocycles. The van der Waals surface area contributed by atoms with Crippen molar-refractivity contribution >= 4 is 0 Å². The summed E-state index contributed by atoms with van der Waals surface area (Å²) in [6.45, 7) is 0.571. The van der Waals surface area contributed by atoms with E-state index < -0.39 is 0 Å². The number of aromatic hydroxyl groups is 1. The molecule has 1 aromatic rings. The SMILES string of the molecule is NCCc1cnc(O)[nH]1. The van der Waals surface area contributed by atoms with Gasteiger partial charge in [-0.1, -0.05) is 0 Å². The Morgan fingerprint density at radius 3 is 3.00 bits per heavy atom. The third kappa shape index (κ3) is 1.43. The minimum atomic E-state index is -0.0431. The van der Waals surface area contributed by atoms with Gasteiger partial charge in [0.05, 0.1) is 6.20 Å². The largest absolute Gasteiger partial charge is 0.480 e. The van der Waals surface area contributed by atoms with E-state index in [2.05, 4.69) is 9.97 Å². The molecule has 0 unspecified atom stereocenters. The Kier molecular flexibility index (Phi) is 1.69. The molecule has 4 N–H and O–H groups in total. The molecular weight excluding hydrogens is 118 g/mol. The summed E-state index contributed by atoms with van der Waals surface area (Å²) in [6.07, 6.45) is 2.30. The molecule has 0 spiro atoms. The summed E-state index contributed by atoms with van der Waals surface area (Å²) >= 11 is 0. The fourth-order valence-corrected chi connectivity index (χ4v) is 0.630. The van der Waals surface area contributed by atoms with Crippen molar-refractivity contribution in [2.45, 2.75) is 6.42 Å². The lowest BCUT2D eigenvalue weighted by molar-refractivity contribution is 0.435. The maximum atomic E-state index is 8.67. The second-order valence-electron chi connectivity index (χ2n) is 1.77. The number of nitrogens with one attached hydrogen (secondary N) is 1. The van der Waals surface area contributed by atoms with Crippen molar-refractivity contribution in [2.24, 2.45) is 5.73 Å². The number of imidazole rings is 1. The first-order valence-electron chi connectivity index (χ1n) is 2.76. The van der Waals surface area contributed by atoms with Gasteiger partial charge in [-0.05, 0) is 6.54 Å². The smallest absolute Gasteiger partial charge is 0.291 e. The molecule has 0 aliphatic rings. The van der Waals surface area contributed by atoms with Crippen LogP contribution in [0.2, 0.25) is 0 Å². The fourth-order valence-electron chi connectivity index (χ4n) is 0.630. The van der Waals surface area contributed by atoms with Crippen molar-refractivity contribution in [3.8, 4) is 6.01 Å². The zero-order chi connectivity index (χ0) is 6.69. The van der Waals surface area contributed by atoms with Gasteiger partial charge in [-0.3, -0.25) is 0 Å². The number of hydrogen-bond donors (Lipinski definition) is 3. The number of aromatic nitrogens is 2. The van der Waals surface area contributed by atoms with Crippen LogP contribution in [0.5, 0.6) is 6.01 Å². The second kappa shape index (κ2) is 2.50. The fraction of sp³-hybridized carbons (Fsp3) is 0.400. The first kappa shape index (κ1) is 6.10. The minimum Gasteiger partial charge on any atom is -0.480 e. The van der Waals surface area contributed by atoms with E-state index in [1.807, 2.05) is 0 Å². The first-order chi connectivity index (χ1) is 4.33. The molecule has 1 aromatic heterocycles. The van der Waals surface area contributed by atoms with Crippen LogP contribution in [0.4, 0.5) is 0 Å².